The van der Waals surface area contributed by atoms with Crippen LogP contribution in [-0.4, -0.2) is 30.1 Å². The maximum Gasteiger partial charge on any atom is 0.471 e. The van der Waals surface area contributed by atoms with Gasteiger partial charge in [0.2, 0.25) is 0 Å². The minimum absolute atomic E-state index is 0.00375. The van der Waals surface area contributed by atoms with Crippen molar-refractivity contribution >= 4 is 44.6 Å². The van der Waals surface area contributed by atoms with Gasteiger partial charge in [-0.1, -0.05) is 60.1 Å². The van der Waals surface area contributed by atoms with E-state index in [2.05, 4.69) is 41.0 Å². The summed E-state index contributed by atoms with van der Waals surface area (Å²) < 4.78 is 40.0. The van der Waals surface area contributed by atoms with E-state index in [4.69, 9.17) is 11.6 Å². The van der Waals surface area contributed by atoms with Crippen molar-refractivity contribution in [3.8, 4) is 11.1 Å². The first-order valence-electron chi connectivity index (χ1n) is 11.3. The van der Waals surface area contributed by atoms with E-state index in [0.29, 0.717) is 24.4 Å². The second-order valence-corrected chi connectivity index (χ2v) is 9.87. The van der Waals surface area contributed by atoms with E-state index >= 15 is 0 Å². The van der Waals surface area contributed by atoms with Crippen LogP contribution < -0.4 is 5.32 Å². The van der Waals surface area contributed by atoms with Crippen LogP contribution in [0.25, 0.3) is 21.2 Å². The summed E-state index contributed by atoms with van der Waals surface area (Å²) in [6.45, 7) is 0.560. The van der Waals surface area contributed by atoms with Gasteiger partial charge in [-0.3, -0.25) is 4.79 Å². The minimum Gasteiger partial charge on any atom is -0.380 e. The van der Waals surface area contributed by atoms with Crippen molar-refractivity contribution in [1.29, 1.82) is 0 Å². The van der Waals surface area contributed by atoms with E-state index < -0.39 is 12.1 Å². The van der Waals surface area contributed by atoms with E-state index in [1.807, 2.05) is 24.3 Å². The van der Waals surface area contributed by atoms with E-state index in [0.717, 1.165) is 27.3 Å². The highest BCUT2D eigenvalue weighted by atomic mass is 35.5. The monoisotopic (exact) mass is 514 g/mol. The van der Waals surface area contributed by atoms with Crippen molar-refractivity contribution < 1.29 is 18.0 Å². The van der Waals surface area contributed by atoms with Crippen molar-refractivity contribution in [1.82, 2.24) is 4.90 Å². The molecular formula is C27H22ClF3N2OS. The van der Waals surface area contributed by atoms with Gasteiger partial charge in [0, 0.05) is 35.3 Å². The Labute approximate surface area is 210 Å². The van der Waals surface area contributed by atoms with Gasteiger partial charge in [0.15, 0.2) is 0 Å². The lowest BCUT2D eigenvalue weighted by molar-refractivity contribution is -0.185. The summed E-state index contributed by atoms with van der Waals surface area (Å²) in [4.78, 5) is 12.6. The number of nitrogens with zero attached hydrogens (tertiary/aromatic N) is 1. The highest BCUT2D eigenvalue weighted by molar-refractivity contribution is 7.17. The molecule has 0 saturated carbocycles. The predicted octanol–water partition coefficient (Wildman–Crippen LogP) is 7.32. The molecule has 0 aliphatic carbocycles. The van der Waals surface area contributed by atoms with Crippen LogP contribution in [0, 0.1) is 0 Å². The summed E-state index contributed by atoms with van der Waals surface area (Å²) in [6.07, 6.45) is -4.20. The average molecular weight is 515 g/mol. The van der Waals surface area contributed by atoms with Gasteiger partial charge in [-0.15, -0.1) is 11.3 Å². The number of carbonyl (C=O) groups excluding carboxylic acids is 1. The molecule has 180 valence electrons. The third-order valence-electron chi connectivity index (χ3n) is 6.37. The van der Waals surface area contributed by atoms with Gasteiger partial charge in [-0.2, -0.15) is 13.2 Å². The Balaban J connectivity index is 1.35. The molecule has 8 heteroatoms. The van der Waals surface area contributed by atoms with Gasteiger partial charge >= 0.3 is 12.1 Å². The van der Waals surface area contributed by atoms with E-state index in [1.165, 1.54) is 21.2 Å². The van der Waals surface area contributed by atoms with Gasteiger partial charge < -0.3 is 10.2 Å². The number of carbonyl (C=O) groups is 1. The number of hydrogen-bond donors (Lipinski definition) is 1. The molecule has 0 fully saturated rings. The number of fused-ring (bicyclic) bond motifs is 2. The third kappa shape index (κ3) is 4.88. The molecule has 4 aromatic rings. The fraction of sp³-hybridized carbons (Fsp3) is 0.222. The lowest BCUT2D eigenvalue weighted by Crippen LogP contribution is -2.42. The smallest absolute Gasteiger partial charge is 0.380 e. The molecule has 1 amide bonds. The van der Waals surface area contributed by atoms with Crippen molar-refractivity contribution in [2.75, 3.05) is 18.4 Å². The van der Waals surface area contributed by atoms with Crippen LogP contribution >= 0.6 is 22.9 Å². The molecule has 1 aromatic heterocycles. The highest BCUT2D eigenvalue weighted by Gasteiger charge is 2.42. The van der Waals surface area contributed by atoms with Crippen LogP contribution in [0.3, 0.4) is 0 Å². The van der Waals surface area contributed by atoms with E-state index in [-0.39, 0.29) is 13.1 Å². The van der Waals surface area contributed by atoms with Crippen molar-refractivity contribution in [3.63, 3.8) is 0 Å². The molecule has 1 N–H and O–H groups in total. The second-order valence-electron chi connectivity index (χ2n) is 8.55. The standard InChI is InChI=1S/C27H22ClF3N2OS/c28-23-9-7-19-10-12-33(26(34)27(29,30)31)13-11-20(19)25(23)32-15-17-6-8-21-22(16-35-24(21)14-17)18-4-2-1-3-5-18/h1-9,14,16,32H,10-13,15H2. The topological polar surface area (TPSA) is 32.3 Å². The third-order valence-corrected chi connectivity index (χ3v) is 7.63. The quantitative estimate of drug-likeness (QED) is 0.309. The summed E-state index contributed by atoms with van der Waals surface area (Å²) in [5, 5.41) is 7.29. The first kappa shape index (κ1) is 23.7. The van der Waals surface area contributed by atoms with Crippen molar-refractivity contribution in [2.45, 2.75) is 25.6 Å². The Hall–Kier alpha value is -3.03. The average Bonchev–Trinajstić information content (AvgIpc) is 3.15. The Bertz CT molecular complexity index is 1380. The molecule has 0 radical (unpaired) electrons. The minimum atomic E-state index is -4.87. The molecule has 0 bridgehead atoms. The molecule has 0 saturated heterocycles. The number of amides is 1. The van der Waals surface area contributed by atoms with E-state index in [9.17, 15) is 18.0 Å². The number of rotatable bonds is 4. The lowest BCUT2D eigenvalue weighted by atomic mass is 10.0. The van der Waals surface area contributed by atoms with Crippen LogP contribution in [0.1, 0.15) is 16.7 Å². The zero-order valence-corrected chi connectivity index (χ0v) is 20.2. The van der Waals surface area contributed by atoms with E-state index in [1.54, 1.807) is 17.4 Å². The summed E-state index contributed by atoms with van der Waals surface area (Å²) in [5.41, 5.74) is 5.98. The van der Waals surface area contributed by atoms with Gasteiger partial charge in [-0.05, 0) is 52.6 Å². The molecule has 1 aliphatic rings. The molecule has 0 atom stereocenters. The molecule has 0 spiro atoms. The first-order chi connectivity index (χ1) is 16.8. The summed E-state index contributed by atoms with van der Waals surface area (Å²) >= 11 is 8.19. The van der Waals surface area contributed by atoms with Crippen LogP contribution in [0.4, 0.5) is 18.9 Å². The van der Waals surface area contributed by atoms with Crippen molar-refractivity contribution in [3.05, 3.63) is 87.8 Å². The maximum absolute atomic E-state index is 12.9. The Morgan fingerprint density at radius 3 is 2.57 bits per heavy atom. The molecule has 3 nitrogen and oxygen atoms in total. The fourth-order valence-corrected chi connectivity index (χ4v) is 5.86. The summed E-state index contributed by atoms with van der Waals surface area (Å²) in [7, 11) is 0. The maximum atomic E-state index is 12.9. The first-order valence-corrected chi connectivity index (χ1v) is 12.5. The number of anilines is 1. The largest absolute Gasteiger partial charge is 0.471 e. The van der Waals surface area contributed by atoms with Gasteiger partial charge in [-0.25, -0.2) is 0 Å². The Kier molecular flexibility index (Phi) is 6.47. The molecule has 2 heterocycles. The predicted molar refractivity (Wildman–Crippen MR) is 136 cm³/mol. The fourth-order valence-electron chi connectivity index (χ4n) is 4.58. The number of benzene rings is 3. The number of nitrogens with one attached hydrogen (secondary N) is 1. The Morgan fingerprint density at radius 1 is 1.03 bits per heavy atom. The zero-order chi connectivity index (χ0) is 24.6. The summed E-state index contributed by atoms with van der Waals surface area (Å²) in [6, 6.07) is 20.2. The van der Waals surface area contributed by atoms with Crippen LogP contribution in [0.5, 0.6) is 0 Å². The molecule has 3 aromatic carbocycles. The number of alkyl halides is 3. The molecule has 1 aliphatic heterocycles. The van der Waals surface area contributed by atoms with Gasteiger partial charge in [0.05, 0.1) is 10.7 Å². The van der Waals surface area contributed by atoms with Gasteiger partial charge in [0.25, 0.3) is 0 Å². The lowest BCUT2D eigenvalue weighted by Gasteiger charge is -2.21. The molecular weight excluding hydrogens is 493 g/mol. The normalized spacial score (nSPS) is 14.0. The molecule has 35 heavy (non-hydrogen) atoms. The zero-order valence-electron chi connectivity index (χ0n) is 18.7. The Morgan fingerprint density at radius 2 is 1.80 bits per heavy atom. The van der Waals surface area contributed by atoms with Crippen LogP contribution in [0.2, 0.25) is 5.02 Å². The highest BCUT2D eigenvalue weighted by Crippen LogP contribution is 2.36. The van der Waals surface area contributed by atoms with Crippen LogP contribution in [0.15, 0.2) is 66.0 Å². The second kappa shape index (κ2) is 9.55. The van der Waals surface area contributed by atoms with Crippen LogP contribution in [-0.2, 0) is 24.2 Å². The SMILES string of the molecule is O=C(N1CCc2ccc(Cl)c(NCc3ccc4c(-c5ccccc5)csc4c3)c2CC1)C(F)(F)F. The molecule has 0 unspecified atom stereocenters. The van der Waals surface area contributed by atoms with Gasteiger partial charge in [0.1, 0.15) is 0 Å². The number of thiophene rings is 1. The molecule has 5 rings (SSSR count). The summed E-state index contributed by atoms with van der Waals surface area (Å²) in [5.74, 6) is -1.79. The number of halogens is 4. The van der Waals surface area contributed by atoms with Crippen molar-refractivity contribution in [2.24, 2.45) is 0 Å². The number of hydrogen-bond acceptors (Lipinski definition) is 3.